The van der Waals surface area contributed by atoms with Crippen molar-refractivity contribution >= 4 is 47.4 Å². The third-order valence-corrected chi connectivity index (χ3v) is 4.62. The van der Waals surface area contributed by atoms with Crippen LogP contribution in [0, 0.1) is 0 Å². The van der Waals surface area contributed by atoms with Crippen molar-refractivity contribution in [1.29, 1.82) is 0 Å². The average molecular weight is 427 g/mol. The van der Waals surface area contributed by atoms with Crippen LogP contribution in [-0.4, -0.2) is 112 Å². The van der Waals surface area contributed by atoms with Gasteiger partial charge in [0.15, 0.2) is 0 Å². The van der Waals surface area contributed by atoms with Crippen LogP contribution < -0.4 is 0 Å². The molecule has 0 radical (unpaired) electrons. The van der Waals surface area contributed by atoms with Crippen LogP contribution in [0.5, 0.6) is 0 Å². The second-order valence-corrected chi connectivity index (χ2v) is 7.18. The molecule has 0 saturated heterocycles. The zero-order chi connectivity index (χ0) is 21.2. The van der Waals surface area contributed by atoms with Gasteiger partial charge in [0.1, 0.15) is 0 Å². The molecule has 0 aliphatic carbocycles. The molecule has 1 amide bonds. The van der Waals surface area contributed by atoms with Crippen molar-refractivity contribution in [2.24, 2.45) is 0 Å². The summed E-state index contributed by atoms with van der Waals surface area (Å²) in [4.78, 5) is 36.8. The molecule has 0 atom stereocenters. The minimum atomic E-state index is -1.11. The van der Waals surface area contributed by atoms with Crippen molar-refractivity contribution in [3.63, 3.8) is 0 Å². The van der Waals surface area contributed by atoms with Crippen molar-refractivity contribution < 1.29 is 29.7 Å². The van der Waals surface area contributed by atoms with Crippen molar-refractivity contribution in [3.05, 3.63) is 0 Å². The van der Waals surface area contributed by atoms with E-state index in [-0.39, 0.29) is 61.7 Å². The van der Waals surface area contributed by atoms with Crippen LogP contribution in [0.4, 0.5) is 0 Å². The van der Waals surface area contributed by atoms with Crippen molar-refractivity contribution in [3.8, 4) is 0 Å². The predicted molar refractivity (Wildman–Crippen MR) is 114 cm³/mol. The van der Waals surface area contributed by atoms with Gasteiger partial charge in [0.25, 0.3) is 0 Å². The summed E-state index contributed by atoms with van der Waals surface area (Å²) in [5.41, 5.74) is 0. The zero-order valence-electron chi connectivity index (χ0n) is 17.3. The van der Waals surface area contributed by atoms with Crippen molar-refractivity contribution in [2.75, 3.05) is 39.3 Å². The number of aliphatic hydroxyl groups is 1. The van der Waals surface area contributed by atoms with Gasteiger partial charge in [0, 0.05) is 26.1 Å². The first-order valence-corrected chi connectivity index (χ1v) is 10.4. The van der Waals surface area contributed by atoms with E-state index >= 15 is 0 Å². The molecule has 8 nitrogen and oxygen atoms in total. The molecule has 166 valence electrons. The molecule has 3 N–H and O–H groups in total. The van der Waals surface area contributed by atoms with Gasteiger partial charge >= 0.3 is 41.5 Å². The summed E-state index contributed by atoms with van der Waals surface area (Å²) in [6, 6.07) is 0. The van der Waals surface area contributed by atoms with E-state index < -0.39 is 25.0 Å². The first kappa shape index (κ1) is 30.5. The molecule has 0 aromatic heterocycles. The molecule has 0 aliphatic heterocycles. The summed E-state index contributed by atoms with van der Waals surface area (Å²) >= 11 is 0. The number of aliphatic hydroxyl groups excluding tert-OH is 1. The monoisotopic (exact) mass is 426 g/mol. The molecule has 0 aromatic carbocycles. The van der Waals surface area contributed by atoms with E-state index in [0.29, 0.717) is 6.42 Å². The number of carboxylic acids is 2. The van der Waals surface area contributed by atoms with Gasteiger partial charge in [-0.2, -0.15) is 0 Å². The van der Waals surface area contributed by atoms with Crippen LogP contribution in [0.3, 0.4) is 0 Å². The number of aliphatic carboxylic acids is 2. The Morgan fingerprint density at radius 3 is 1.66 bits per heavy atom. The molecule has 9 heteroatoms. The summed E-state index contributed by atoms with van der Waals surface area (Å²) in [5, 5.41) is 26.9. The summed E-state index contributed by atoms with van der Waals surface area (Å²) in [6.07, 6.45) is 10.9. The zero-order valence-corrected chi connectivity index (χ0v) is 17.3. The number of hydrogen-bond donors (Lipinski definition) is 3. The van der Waals surface area contributed by atoms with E-state index in [1.165, 1.54) is 48.3 Å². The molecule has 0 fully saturated rings. The van der Waals surface area contributed by atoms with E-state index in [1.807, 2.05) is 0 Å². The van der Waals surface area contributed by atoms with Gasteiger partial charge < -0.3 is 20.2 Å². The Balaban J connectivity index is 0. The van der Waals surface area contributed by atoms with Crippen molar-refractivity contribution in [1.82, 2.24) is 9.80 Å². The molecule has 0 aliphatic rings. The minimum absolute atomic E-state index is 0. The second kappa shape index (κ2) is 20.6. The normalized spacial score (nSPS) is 10.6. The summed E-state index contributed by atoms with van der Waals surface area (Å²) in [6.45, 7) is 1.75. The fraction of sp³-hybridized carbons (Fsp3) is 0.850. The van der Waals surface area contributed by atoms with Crippen LogP contribution in [-0.2, 0) is 14.4 Å². The molecule has 29 heavy (non-hydrogen) atoms. The SMILES string of the molecule is CCCCCCCCCCCC(=O)N(CCO)CCN(CC(=O)O)CC(=O)O.[NaH]. The third-order valence-electron chi connectivity index (χ3n) is 4.62. The Labute approximate surface area is 196 Å². The van der Waals surface area contributed by atoms with E-state index in [4.69, 9.17) is 10.2 Å². The van der Waals surface area contributed by atoms with Crippen LogP contribution in [0.1, 0.15) is 71.1 Å². The van der Waals surface area contributed by atoms with Gasteiger partial charge in [-0.25, -0.2) is 0 Å². The quantitative estimate of drug-likeness (QED) is 0.212. The molecule has 0 rings (SSSR count). The second-order valence-electron chi connectivity index (χ2n) is 7.18. The van der Waals surface area contributed by atoms with E-state index in [2.05, 4.69) is 6.92 Å². The van der Waals surface area contributed by atoms with E-state index in [1.54, 1.807) is 0 Å². The number of hydrogen-bond acceptors (Lipinski definition) is 5. The number of carboxylic acid groups (broad SMARTS) is 2. The fourth-order valence-corrected chi connectivity index (χ4v) is 3.09. The first-order chi connectivity index (χ1) is 13.4. The predicted octanol–water partition coefficient (Wildman–Crippen LogP) is 1.55. The van der Waals surface area contributed by atoms with Crippen LogP contribution in [0.25, 0.3) is 0 Å². The molecular weight excluding hydrogens is 387 g/mol. The summed E-state index contributed by atoms with van der Waals surface area (Å²) in [5.74, 6) is -2.31. The number of amides is 1. The molecule has 0 spiro atoms. The maximum atomic E-state index is 12.4. The molecule has 0 saturated carbocycles. The summed E-state index contributed by atoms with van der Waals surface area (Å²) in [7, 11) is 0. The topological polar surface area (TPSA) is 118 Å². The number of rotatable bonds is 19. The standard InChI is InChI=1S/C20H38N2O6.Na.H/c1-2-3-4-5-6-7-8-9-10-11-18(24)22(14-15-23)13-12-21(16-19(25)26)17-20(27)28;;/h23H,2-17H2,1H3,(H,25,26)(H,27,28);;. The third kappa shape index (κ3) is 19.1. The van der Waals surface area contributed by atoms with Gasteiger partial charge in [0.2, 0.25) is 5.91 Å². The molecule has 0 heterocycles. The Kier molecular flexibility index (Phi) is 21.7. The molecule has 0 unspecified atom stereocenters. The van der Waals surface area contributed by atoms with Gasteiger partial charge in [-0.1, -0.05) is 58.3 Å². The van der Waals surface area contributed by atoms with Crippen LogP contribution >= 0.6 is 0 Å². The van der Waals surface area contributed by atoms with Gasteiger partial charge in [-0.3, -0.25) is 19.3 Å². The number of unbranched alkanes of at least 4 members (excludes halogenated alkanes) is 8. The van der Waals surface area contributed by atoms with E-state index in [0.717, 1.165) is 19.3 Å². The van der Waals surface area contributed by atoms with Crippen LogP contribution in [0.15, 0.2) is 0 Å². The van der Waals surface area contributed by atoms with Gasteiger partial charge in [0.05, 0.1) is 19.7 Å². The molecule has 0 aromatic rings. The summed E-state index contributed by atoms with van der Waals surface area (Å²) < 4.78 is 0. The Hall–Kier alpha value is -0.670. The van der Waals surface area contributed by atoms with E-state index in [9.17, 15) is 19.5 Å². The van der Waals surface area contributed by atoms with Gasteiger partial charge in [-0.15, -0.1) is 0 Å². The first-order valence-electron chi connectivity index (χ1n) is 10.4. The maximum absolute atomic E-state index is 12.4. The Morgan fingerprint density at radius 2 is 1.21 bits per heavy atom. The molecular formula is C20H39N2NaO6. The number of carbonyl (C=O) groups is 3. The molecule has 0 bridgehead atoms. The number of carbonyl (C=O) groups excluding carboxylic acids is 1. The average Bonchev–Trinajstić information content (AvgIpc) is 2.62. The fourth-order valence-electron chi connectivity index (χ4n) is 3.09. The number of nitrogens with zero attached hydrogens (tertiary/aromatic N) is 2. The van der Waals surface area contributed by atoms with Crippen LogP contribution in [0.2, 0.25) is 0 Å². The Bertz CT molecular complexity index is 435. The Morgan fingerprint density at radius 1 is 0.724 bits per heavy atom. The van der Waals surface area contributed by atoms with Crippen molar-refractivity contribution in [2.45, 2.75) is 71.1 Å². The van der Waals surface area contributed by atoms with Gasteiger partial charge in [-0.05, 0) is 6.42 Å².